The predicted octanol–water partition coefficient (Wildman–Crippen LogP) is 1.94. The van der Waals surface area contributed by atoms with E-state index >= 15 is 0 Å². The first-order valence-corrected chi connectivity index (χ1v) is 4.52. The van der Waals surface area contributed by atoms with E-state index in [1.54, 1.807) is 29.9 Å². The molecule has 0 spiro atoms. The SMILES string of the molecule is CC.Cc1nn2ccnc2cc1C#N. The molecular weight excluding hydrogens is 176 g/mol. The monoisotopic (exact) mass is 188 g/mol. The van der Waals surface area contributed by atoms with Crippen LogP contribution in [-0.2, 0) is 0 Å². The maximum Gasteiger partial charge on any atom is 0.154 e. The summed E-state index contributed by atoms with van der Waals surface area (Å²) in [5.74, 6) is 0. The molecule has 4 heteroatoms. The molecule has 0 aromatic carbocycles. The van der Waals surface area contributed by atoms with Crippen molar-refractivity contribution in [3.63, 3.8) is 0 Å². The topological polar surface area (TPSA) is 54.0 Å². The van der Waals surface area contributed by atoms with Crippen molar-refractivity contribution in [3.05, 3.63) is 29.7 Å². The lowest BCUT2D eigenvalue weighted by Gasteiger charge is -1.96. The standard InChI is InChI=1S/C8H6N4.C2H6/c1-6-7(5-9)4-8-10-2-3-12(8)11-6;1-2/h2-4H,1H3;1-2H3. The second-order valence-electron chi connectivity index (χ2n) is 2.49. The predicted molar refractivity (Wildman–Crippen MR) is 53.8 cm³/mol. The van der Waals surface area contributed by atoms with E-state index in [2.05, 4.69) is 16.2 Å². The van der Waals surface area contributed by atoms with Crippen molar-refractivity contribution in [3.8, 4) is 6.07 Å². The fourth-order valence-electron chi connectivity index (χ4n) is 1.06. The average Bonchev–Trinajstić information content (AvgIpc) is 2.66. The molecule has 0 fully saturated rings. The minimum absolute atomic E-state index is 0.578. The number of rotatable bonds is 0. The van der Waals surface area contributed by atoms with Crippen LogP contribution in [0.1, 0.15) is 25.1 Å². The number of nitrogens with zero attached hydrogens (tertiary/aromatic N) is 4. The summed E-state index contributed by atoms with van der Waals surface area (Å²) in [5, 5.41) is 12.8. The first kappa shape index (κ1) is 10.2. The van der Waals surface area contributed by atoms with Crippen molar-refractivity contribution < 1.29 is 0 Å². The number of aromatic nitrogens is 3. The summed E-state index contributed by atoms with van der Waals surface area (Å²) in [7, 11) is 0. The van der Waals surface area contributed by atoms with E-state index in [4.69, 9.17) is 5.26 Å². The summed E-state index contributed by atoms with van der Waals surface area (Å²) in [4.78, 5) is 4.02. The lowest BCUT2D eigenvalue weighted by Crippen LogP contribution is -1.96. The maximum atomic E-state index is 8.69. The van der Waals surface area contributed by atoms with Gasteiger partial charge in [0.1, 0.15) is 6.07 Å². The largest absolute Gasteiger partial charge is 0.235 e. The molecule has 0 saturated carbocycles. The van der Waals surface area contributed by atoms with Gasteiger partial charge in [-0.1, -0.05) is 13.8 Å². The molecule has 0 aliphatic heterocycles. The van der Waals surface area contributed by atoms with Gasteiger partial charge in [-0.25, -0.2) is 9.50 Å². The van der Waals surface area contributed by atoms with E-state index in [9.17, 15) is 0 Å². The highest BCUT2D eigenvalue weighted by molar-refractivity contribution is 5.46. The molecule has 4 nitrogen and oxygen atoms in total. The van der Waals surface area contributed by atoms with Gasteiger partial charge < -0.3 is 0 Å². The Labute approximate surface area is 82.8 Å². The second-order valence-corrected chi connectivity index (χ2v) is 2.49. The van der Waals surface area contributed by atoms with Gasteiger partial charge in [0.25, 0.3) is 0 Å². The zero-order valence-electron chi connectivity index (χ0n) is 8.52. The molecule has 0 amide bonds. The molecule has 0 radical (unpaired) electrons. The third-order valence-electron chi connectivity index (χ3n) is 1.69. The summed E-state index contributed by atoms with van der Waals surface area (Å²) in [6, 6.07) is 3.79. The molecule has 0 aliphatic rings. The van der Waals surface area contributed by atoms with Gasteiger partial charge in [-0.2, -0.15) is 10.4 Å². The first-order valence-electron chi connectivity index (χ1n) is 4.52. The van der Waals surface area contributed by atoms with Crippen LogP contribution in [0.25, 0.3) is 5.65 Å². The van der Waals surface area contributed by atoms with Crippen molar-refractivity contribution in [2.24, 2.45) is 0 Å². The fraction of sp³-hybridized carbons (Fsp3) is 0.300. The summed E-state index contributed by atoms with van der Waals surface area (Å²) in [5.41, 5.74) is 2.01. The van der Waals surface area contributed by atoms with E-state index in [-0.39, 0.29) is 0 Å². The number of fused-ring (bicyclic) bond motifs is 1. The van der Waals surface area contributed by atoms with E-state index in [0.717, 1.165) is 5.69 Å². The van der Waals surface area contributed by atoms with Gasteiger partial charge in [-0.3, -0.25) is 0 Å². The van der Waals surface area contributed by atoms with Crippen molar-refractivity contribution in [1.29, 1.82) is 5.26 Å². The summed E-state index contributed by atoms with van der Waals surface area (Å²) >= 11 is 0. The number of hydrogen-bond acceptors (Lipinski definition) is 3. The Morgan fingerprint density at radius 2 is 2.14 bits per heavy atom. The van der Waals surface area contributed by atoms with Crippen molar-refractivity contribution in [1.82, 2.24) is 14.6 Å². The van der Waals surface area contributed by atoms with Crippen LogP contribution in [0.3, 0.4) is 0 Å². The maximum absolute atomic E-state index is 8.69. The van der Waals surface area contributed by atoms with E-state index in [1.807, 2.05) is 13.8 Å². The average molecular weight is 188 g/mol. The second kappa shape index (κ2) is 4.38. The van der Waals surface area contributed by atoms with E-state index in [1.165, 1.54) is 0 Å². The first-order chi connectivity index (χ1) is 6.81. The molecule has 2 aromatic rings. The van der Waals surface area contributed by atoms with Crippen LogP contribution in [0.2, 0.25) is 0 Å². The molecule has 2 rings (SSSR count). The normalized spacial score (nSPS) is 9.00. The molecule has 0 N–H and O–H groups in total. The number of nitriles is 1. The third kappa shape index (κ3) is 1.72. The summed E-state index contributed by atoms with van der Waals surface area (Å²) in [6.07, 6.45) is 3.41. The smallest absolute Gasteiger partial charge is 0.154 e. The molecule has 14 heavy (non-hydrogen) atoms. The van der Waals surface area contributed by atoms with Crippen molar-refractivity contribution in [2.45, 2.75) is 20.8 Å². The van der Waals surface area contributed by atoms with Gasteiger partial charge >= 0.3 is 0 Å². The zero-order chi connectivity index (χ0) is 10.6. The van der Waals surface area contributed by atoms with Crippen molar-refractivity contribution >= 4 is 5.65 Å². The Morgan fingerprint density at radius 1 is 1.43 bits per heavy atom. The molecule has 0 saturated heterocycles. The number of hydrogen-bond donors (Lipinski definition) is 0. The van der Waals surface area contributed by atoms with Gasteiger partial charge in [0.15, 0.2) is 5.65 Å². The van der Waals surface area contributed by atoms with E-state index < -0.39 is 0 Å². The Bertz CT molecular complexity index is 464. The molecule has 0 unspecified atom stereocenters. The highest BCUT2D eigenvalue weighted by Gasteiger charge is 2.01. The highest BCUT2D eigenvalue weighted by atomic mass is 15.2. The molecule has 0 bridgehead atoms. The molecule has 0 atom stereocenters. The van der Waals surface area contributed by atoms with Crippen LogP contribution < -0.4 is 0 Å². The number of imidazole rings is 1. The van der Waals surface area contributed by atoms with Gasteiger partial charge in [-0.05, 0) is 6.92 Å². The molecule has 0 aliphatic carbocycles. The minimum Gasteiger partial charge on any atom is -0.235 e. The van der Waals surface area contributed by atoms with Crippen LogP contribution in [-0.4, -0.2) is 14.6 Å². The van der Waals surface area contributed by atoms with Crippen LogP contribution in [0, 0.1) is 18.3 Å². The van der Waals surface area contributed by atoms with Crippen LogP contribution in [0.15, 0.2) is 18.5 Å². The Kier molecular flexibility index (Phi) is 3.19. The molecule has 72 valence electrons. The third-order valence-corrected chi connectivity index (χ3v) is 1.69. The Balaban J connectivity index is 0.000000461. The lowest BCUT2D eigenvalue weighted by atomic mass is 10.2. The van der Waals surface area contributed by atoms with Gasteiger partial charge in [0.2, 0.25) is 0 Å². The minimum atomic E-state index is 0.578. The van der Waals surface area contributed by atoms with Gasteiger partial charge in [0, 0.05) is 18.5 Å². The van der Waals surface area contributed by atoms with Crippen LogP contribution >= 0.6 is 0 Å². The van der Waals surface area contributed by atoms with Crippen molar-refractivity contribution in [2.75, 3.05) is 0 Å². The zero-order valence-corrected chi connectivity index (χ0v) is 8.52. The summed E-state index contributed by atoms with van der Waals surface area (Å²) < 4.78 is 1.65. The molecular formula is C10H12N4. The fourth-order valence-corrected chi connectivity index (χ4v) is 1.06. The Hall–Kier alpha value is -1.89. The van der Waals surface area contributed by atoms with Gasteiger partial charge in [-0.15, -0.1) is 0 Å². The van der Waals surface area contributed by atoms with Crippen LogP contribution in [0.4, 0.5) is 0 Å². The molecule has 2 aromatic heterocycles. The Morgan fingerprint density at radius 3 is 2.79 bits per heavy atom. The summed E-state index contributed by atoms with van der Waals surface area (Å²) in [6.45, 7) is 5.80. The lowest BCUT2D eigenvalue weighted by molar-refractivity contribution is 0.896. The van der Waals surface area contributed by atoms with Crippen LogP contribution in [0.5, 0.6) is 0 Å². The van der Waals surface area contributed by atoms with E-state index in [0.29, 0.717) is 11.2 Å². The quantitative estimate of drug-likeness (QED) is 0.634. The molecule has 2 heterocycles. The highest BCUT2D eigenvalue weighted by Crippen LogP contribution is 2.05. The van der Waals surface area contributed by atoms with Gasteiger partial charge in [0.05, 0.1) is 11.3 Å². The number of aryl methyl sites for hydroxylation is 1.